The standard InChI is InChI=1S/C77H145NO10/c1-3-5-7-9-11-13-15-45-49-53-57-61-65-73(82)86-66-62-58-54-50-46-42-40-38-36-34-32-30-28-26-24-22-20-18-16-17-19-21-23-25-27-29-31-33-35-37-39-41-44-48-52-56-60-64-72(81)78-69(68-87-77-76(85)75(84)74(83)71(67-79)88-77)70(80)63-59-55-51-47-43-14-12-10-8-6-4-2/h8,10,43,47,59,63,69-71,74-77,79-80,83-85H,3-7,9,11-42,44-46,48-58,60-62,64-68H2,1-2H3,(H,78,81)/b10-8+,47-43+,63-59+. The van der Waals surface area contributed by atoms with Crippen LogP contribution in [0.1, 0.15) is 380 Å². The number of nitrogens with one attached hydrogen (secondary N) is 1. The topological polar surface area (TPSA) is 175 Å². The van der Waals surface area contributed by atoms with E-state index in [-0.39, 0.29) is 18.5 Å². The van der Waals surface area contributed by atoms with Crippen LogP contribution in [0.4, 0.5) is 0 Å². The van der Waals surface area contributed by atoms with E-state index >= 15 is 0 Å². The van der Waals surface area contributed by atoms with Crippen LogP contribution in [0.15, 0.2) is 36.5 Å². The van der Waals surface area contributed by atoms with Crippen molar-refractivity contribution in [2.45, 2.75) is 423 Å². The average molecular weight is 1250 g/mol. The molecule has 1 saturated heterocycles. The maximum atomic E-state index is 13.0. The van der Waals surface area contributed by atoms with Gasteiger partial charge in [-0.15, -0.1) is 0 Å². The number of ether oxygens (including phenoxy) is 3. The van der Waals surface area contributed by atoms with Gasteiger partial charge < -0.3 is 45.1 Å². The summed E-state index contributed by atoms with van der Waals surface area (Å²) in [4.78, 5) is 25.1. The molecule has 0 bridgehead atoms. The number of carbonyl (C=O) groups is 2. The molecule has 1 aliphatic heterocycles. The third-order valence-electron chi connectivity index (χ3n) is 18.2. The maximum absolute atomic E-state index is 13.0. The van der Waals surface area contributed by atoms with Crippen molar-refractivity contribution in [3.63, 3.8) is 0 Å². The fraction of sp³-hybridized carbons (Fsp3) is 0.896. The minimum Gasteiger partial charge on any atom is -0.466 e. The van der Waals surface area contributed by atoms with E-state index in [0.29, 0.717) is 19.4 Å². The molecule has 7 unspecified atom stereocenters. The predicted octanol–water partition coefficient (Wildman–Crippen LogP) is 20.1. The van der Waals surface area contributed by atoms with Gasteiger partial charge in [0.05, 0.1) is 32.0 Å². The summed E-state index contributed by atoms with van der Waals surface area (Å²) in [7, 11) is 0. The van der Waals surface area contributed by atoms with Gasteiger partial charge in [0, 0.05) is 12.8 Å². The smallest absolute Gasteiger partial charge is 0.305 e. The van der Waals surface area contributed by atoms with Crippen molar-refractivity contribution in [3.8, 4) is 0 Å². The number of unbranched alkanes of at least 4 members (excludes halogenated alkanes) is 50. The Bertz CT molecular complexity index is 1560. The lowest BCUT2D eigenvalue weighted by molar-refractivity contribution is -0.302. The van der Waals surface area contributed by atoms with Crippen LogP contribution in [0.5, 0.6) is 0 Å². The molecule has 1 fully saturated rings. The molecule has 0 aliphatic carbocycles. The Kier molecular flexibility index (Phi) is 63.2. The van der Waals surface area contributed by atoms with Crippen LogP contribution < -0.4 is 5.32 Å². The second-order valence-electron chi connectivity index (χ2n) is 26.7. The summed E-state index contributed by atoms with van der Waals surface area (Å²) in [5.74, 6) is -0.173. The second-order valence-corrected chi connectivity index (χ2v) is 26.7. The van der Waals surface area contributed by atoms with Crippen molar-refractivity contribution in [2.75, 3.05) is 19.8 Å². The molecule has 0 aromatic heterocycles. The lowest BCUT2D eigenvalue weighted by Crippen LogP contribution is -2.60. The molecule has 88 heavy (non-hydrogen) atoms. The molecular formula is C77H145NO10. The van der Waals surface area contributed by atoms with Crippen molar-refractivity contribution in [1.29, 1.82) is 0 Å². The molecule has 1 aliphatic rings. The van der Waals surface area contributed by atoms with Gasteiger partial charge in [-0.05, 0) is 51.4 Å². The van der Waals surface area contributed by atoms with E-state index in [1.807, 2.05) is 6.08 Å². The first kappa shape index (κ1) is 83.9. The van der Waals surface area contributed by atoms with Gasteiger partial charge in [-0.3, -0.25) is 9.59 Å². The molecule has 6 N–H and O–H groups in total. The minimum atomic E-state index is -1.58. The molecule has 0 aromatic carbocycles. The Morgan fingerprint density at radius 3 is 1.10 bits per heavy atom. The Morgan fingerprint density at radius 2 is 0.739 bits per heavy atom. The molecule has 1 amide bonds. The molecule has 0 saturated carbocycles. The van der Waals surface area contributed by atoms with Crippen molar-refractivity contribution >= 4 is 11.9 Å². The molecule has 1 heterocycles. The number of aliphatic hydroxyl groups excluding tert-OH is 5. The number of hydrogen-bond acceptors (Lipinski definition) is 10. The van der Waals surface area contributed by atoms with Gasteiger partial charge >= 0.3 is 5.97 Å². The summed E-state index contributed by atoms with van der Waals surface area (Å²) in [6.07, 6.45) is 76.2. The largest absolute Gasteiger partial charge is 0.466 e. The molecule has 0 spiro atoms. The van der Waals surface area contributed by atoms with Gasteiger partial charge in [0.15, 0.2) is 6.29 Å². The summed E-state index contributed by atoms with van der Waals surface area (Å²) in [6.45, 7) is 4.29. The normalized spacial score (nSPS) is 17.9. The van der Waals surface area contributed by atoms with E-state index in [2.05, 4.69) is 43.5 Å². The van der Waals surface area contributed by atoms with Crippen LogP contribution in [0.3, 0.4) is 0 Å². The first-order valence-electron chi connectivity index (χ1n) is 38.3. The van der Waals surface area contributed by atoms with Crippen LogP contribution in [0.2, 0.25) is 0 Å². The summed E-state index contributed by atoms with van der Waals surface area (Å²) in [5.41, 5.74) is 0. The lowest BCUT2D eigenvalue weighted by Gasteiger charge is -2.40. The van der Waals surface area contributed by atoms with E-state index < -0.39 is 49.5 Å². The molecule has 1 rings (SSSR count). The number of esters is 1. The monoisotopic (exact) mass is 1240 g/mol. The Balaban J connectivity index is 1.88. The van der Waals surface area contributed by atoms with Gasteiger partial charge in [0.1, 0.15) is 24.4 Å². The van der Waals surface area contributed by atoms with E-state index in [1.165, 1.54) is 283 Å². The summed E-state index contributed by atoms with van der Waals surface area (Å²) < 4.78 is 16.7. The van der Waals surface area contributed by atoms with Crippen LogP contribution in [-0.2, 0) is 23.8 Å². The molecule has 11 nitrogen and oxygen atoms in total. The van der Waals surface area contributed by atoms with Gasteiger partial charge in [0.2, 0.25) is 5.91 Å². The molecule has 518 valence electrons. The Morgan fingerprint density at radius 1 is 0.409 bits per heavy atom. The van der Waals surface area contributed by atoms with Crippen LogP contribution >= 0.6 is 0 Å². The van der Waals surface area contributed by atoms with Gasteiger partial charge in [-0.1, -0.05) is 352 Å². The Labute approximate surface area is 543 Å². The van der Waals surface area contributed by atoms with Gasteiger partial charge in [0.25, 0.3) is 0 Å². The van der Waals surface area contributed by atoms with E-state index in [9.17, 15) is 35.1 Å². The van der Waals surface area contributed by atoms with Gasteiger partial charge in [-0.25, -0.2) is 0 Å². The third-order valence-corrected chi connectivity index (χ3v) is 18.2. The zero-order valence-electron chi connectivity index (χ0n) is 57.7. The molecule has 7 atom stereocenters. The molecule has 11 heteroatoms. The minimum absolute atomic E-state index is 0.0181. The average Bonchev–Trinajstić information content (AvgIpc) is 2.02. The number of rotatable bonds is 68. The van der Waals surface area contributed by atoms with E-state index in [4.69, 9.17) is 14.2 Å². The molecular weight excluding hydrogens is 1100 g/mol. The second kappa shape index (κ2) is 66.3. The van der Waals surface area contributed by atoms with Crippen LogP contribution in [-0.4, -0.2) is 100 Å². The number of allylic oxidation sites excluding steroid dienone is 5. The highest BCUT2D eigenvalue weighted by molar-refractivity contribution is 5.76. The molecule has 0 aromatic rings. The number of amides is 1. The SMILES string of the molecule is CCC/C=C/CC/C=C/CC/C=C/C(O)C(COC1OC(CO)C(O)C(O)C1O)NC(=O)CCCCCCCCCCCCCCCCCCCCCCCCCCCCCCCCCCCCCCCOC(=O)CCCCCCCCCCCCCC. The number of hydrogen-bond donors (Lipinski definition) is 6. The first-order chi connectivity index (χ1) is 43.2. The highest BCUT2D eigenvalue weighted by atomic mass is 16.7. The lowest BCUT2D eigenvalue weighted by atomic mass is 9.99. The third kappa shape index (κ3) is 54.4. The fourth-order valence-electron chi connectivity index (χ4n) is 12.2. The predicted molar refractivity (Wildman–Crippen MR) is 371 cm³/mol. The van der Waals surface area contributed by atoms with E-state index in [1.54, 1.807) is 6.08 Å². The van der Waals surface area contributed by atoms with Crippen molar-refractivity contribution in [3.05, 3.63) is 36.5 Å². The quantitative estimate of drug-likeness (QED) is 0.0195. The summed E-state index contributed by atoms with van der Waals surface area (Å²) in [6, 6.07) is -0.830. The summed E-state index contributed by atoms with van der Waals surface area (Å²) in [5, 5.41) is 54.4. The van der Waals surface area contributed by atoms with Crippen molar-refractivity contribution in [2.24, 2.45) is 0 Å². The van der Waals surface area contributed by atoms with Crippen molar-refractivity contribution in [1.82, 2.24) is 5.32 Å². The fourth-order valence-corrected chi connectivity index (χ4v) is 12.2. The zero-order chi connectivity index (χ0) is 63.7. The number of carbonyl (C=O) groups excluding carboxylic acids is 2. The number of aliphatic hydroxyl groups is 5. The maximum Gasteiger partial charge on any atom is 0.305 e. The zero-order valence-corrected chi connectivity index (χ0v) is 57.7. The van der Waals surface area contributed by atoms with Crippen LogP contribution in [0, 0.1) is 0 Å². The van der Waals surface area contributed by atoms with Gasteiger partial charge in [-0.2, -0.15) is 0 Å². The van der Waals surface area contributed by atoms with E-state index in [0.717, 1.165) is 70.6 Å². The van der Waals surface area contributed by atoms with Crippen molar-refractivity contribution < 1.29 is 49.3 Å². The Hall–Kier alpha value is -2.12. The van der Waals surface area contributed by atoms with Crippen LogP contribution in [0.25, 0.3) is 0 Å². The summed E-state index contributed by atoms with van der Waals surface area (Å²) >= 11 is 0. The highest BCUT2D eigenvalue weighted by Crippen LogP contribution is 2.24. The highest BCUT2D eigenvalue weighted by Gasteiger charge is 2.44. The molecule has 0 radical (unpaired) electrons. The first-order valence-corrected chi connectivity index (χ1v) is 38.3.